The lowest BCUT2D eigenvalue weighted by atomic mass is 9.98. The van der Waals surface area contributed by atoms with Crippen LogP contribution in [0.1, 0.15) is 60.8 Å². The molecule has 1 unspecified atom stereocenters. The maximum Gasteiger partial charge on any atom is 0.217 e. The highest BCUT2D eigenvalue weighted by molar-refractivity contribution is 5.73. The van der Waals surface area contributed by atoms with Crippen molar-refractivity contribution < 1.29 is 14.4 Å². The number of hydrogen-bond acceptors (Lipinski definition) is 4. The normalized spacial score (nSPS) is 15.1. The molecule has 0 aromatic rings. The van der Waals surface area contributed by atoms with Gasteiger partial charge < -0.3 is 14.9 Å². The molecule has 0 aromatic heterocycles. The minimum Gasteiger partial charge on any atom is -0.396 e. The van der Waals surface area contributed by atoms with E-state index in [-0.39, 0.29) is 17.0 Å². The summed E-state index contributed by atoms with van der Waals surface area (Å²) in [4.78, 5) is 16.2. The predicted molar refractivity (Wildman–Crippen MR) is 81.9 cm³/mol. The Morgan fingerprint density at radius 2 is 1.90 bits per heavy atom. The standard InChI is InChI=1S/C15H30N2O3/c1-7-15(6,10-12-20-16-8-2)19-11-9-14(4,5)17-13(3)18/h8H,7,9-12H2,1-6H3,(H,17,18)/b16-8+. The van der Waals surface area contributed by atoms with Crippen molar-refractivity contribution in [3.63, 3.8) is 0 Å². The highest BCUT2D eigenvalue weighted by atomic mass is 16.6. The van der Waals surface area contributed by atoms with Crippen molar-refractivity contribution >= 4 is 12.1 Å². The van der Waals surface area contributed by atoms with Gasteiger partial charge in [0.25, 0.3) is 0 Å². The van der Waals surface area contributed by atoms with Gasteiger partial charge in [-0.2, -0.15) is 0 Å². The molecule has 1 amide bonds. The first-order valence-electron chi connectivity index (χ1n) is 7.27. The van der Waals surface area contributed by atoms with Crippen LogP contribution in [-0.4, -0.2) is 36.5 Å². The molecule has 20 heavy (non-hydrogen) atoms. The van der Waals surface area contributed by atoms with Crippen LogP contribution in [0.25, 0.3) is 0 Å². The number of amides is 1. The van der Waals surface area contributed by atoms with E-state index in [9.17, 15) is 4.79 Å². The van der Waals surface area contributed by atoms with Crippen LogP contribution >= 0.6 is 0 Å². The topological polar surface area (TPSA) is 59.9 Å². The van der Waals surface area contributed by atoms with Gasteiger partial charge in [-0.3, -0.25) is 4.79 Å². The van der Waals surface area contributed by atoms with Crippen molar-refractivity contribution in [2.24, 2.45) is 5.16 Å². The maximum absolute atomic E-state index is 11.1. The van der Waals surface area contributed by atoms with Gasteiger partial charge in [0.1, 0.15) is 6.61 Å². The first-order valence-corrected chi connectivity index (χ1v) is 7.27. The van der Waals surface area contributed by atoms with E-state index in [2.05, 4.69) is 24.3 Å². The predicted octanol–water partition coefficient (Wildman–Crippen LogP) is 2.89. The lowest BCUT2D eigenvalue weighted by Gasteiger charge is -2.31. The number of oxime groups is 1. The van der Waals surface area contributed by atoms with E-state index < -0.39 is 0 Å². The minimum absolute atomic E-state index is 0.0147. The maximum atomic E-state index is 11.1. The third-order valence-electron chi connectivity index (χ3n) is 3.34. The Morgan fingerprint density at radius 3 is 2.40 bits per heavy atom. The third kappa shape index (κ3) is 8.91. The van der Waals surface area contributed by atoms with E-state index >= 15 is 0 Å². The third-order valence-corrected chi connectivity index (χ3v) is 3.34. The Bertz CT molecular complexity index is 316. The zero-order chi connectivity index (χ0) is 15.6. The molecule has 0 heterocycles. The molecule has 0 radical (unpaired) electrons. The molecule has 0 aromatic carbocycles. The van der Waals surface area contributed by atoms with Crippen molar-refractivity contribution in [2.75, 3.05) is 13.2 Å². The van der Waals surface area contributed by atoms with Gasteiger partial charge >= 0.3 is 0 Å². The molecule has 0 saturated carbocycles. The van der Waals surface area contributed by atoms with Crippen LogP contribution in [0, 0.1) is 0 Å². The quantitative estimate of drug-likeness (QED) is 0.381. The van der Waals surface area contributed by atoms with Gasteiger partial charge in [-0.15, -0.1) is 0 Å². The molecule has 0 bridgehead atoms. The monoisotopic (exact) mass is 286 g/mol. The molecule has 0 aliphatic rings. The number of hydrogen-bond donors (Lipinski definition) is 1. The smallest absolute Gasteiger partial charge is 0.217 e. The number of ether oxygens (including phenoxy) is 1. The molecule has 1 atom stereocenters. The second-order valence-corrected chi connectivity index (χ2v) is 5.91. The van der Waals surface area contributed by atoms with Crippen LogP contribution < -0.4 is 5.32 Å². The highest BCUT2D eigenvalue weighted by Crippen LogP contribution is 2.21. The van der Waals surface area contributed by atoms with Gasteiger partial charge in [-0.05, 0) is 40.5 Å². The Hall–Kier alpha value is -1.10. The molecule has 118 valence electrons. The summed E-state index contributed by atoms with van der Waals surface area (Å²) < 4.78 is 5.99. The molecular formula is C15H30N2O3. The van der Waals surface area contributed by atoms with Crippen molar-refractivity contribution in [1.29, 1.82) is 0 Å². The Morgan fingerprint density at radius 1 is 1.25 bits per heavy atom. The average molecular weight is 286 g/mol. The largest absolute Gasteiger partial charge is 0.396 e. The highest BCUT2D eigenvalue weighted by Gasteiger charge is 2.25. The van der Waals surface area contributed by atoms with Crippen molar-refractivity contribution in [3.8, 4) is 0 Å². The summed E-state index contributed by atoms with van der Waals surface area (Å²) in [6.07, 6.45) is 4.10. The number of carbonyl (C=O) groups is 1. The van der Waals surface area contributed by atoms with Gasteiger partial charge in [-0.25, -0.2) is 0 Å². The van der Waals surface area contributed by atoms with Crippen LogP contribution in [0.3, 0.4) is 0 Å². The Balaban J connectivity index is 4.13. The Labute approximate surface area is 123 Å². The van der Waals surface area contributed by atoms with Crippen molar-refractivity contribution in [2.45, 2.75) is 71.9 Å². The van der Waals surface area contributed by atoms with E-state index in [1.807, 2.05) is 20.8 Å². The summed E-state index contributed by atoms with van der Waals surface area (Å²) in [5.41, 5.74) is -0.459. The van der Waals surface area contributed by atoms with Crippen molar-refractivity contribution in [3.05, 3.63) is 0 Å². The Kier molecular flexibility index (Phi) is 8.46. The number of carbonyl (C=O) groups excluding carboxylic acids is 1. The zero-order valence-corrected chi connectivity index (χ0v) is 13.8. The molecule has 0 saturated heterocycles. The number of nitrogens with zero attached hydrogens (tertiary/aromatic N) is 1. The first-order chi connectivity index (χ1) is 9.24. The molecular weight excluding hydrogens is 256 g/mol. The summed E-state index contributed by atoms with van der Waals surface area (Å²) in [6.45, 7) is 12.7. The average Bonchev–Trinajstić information content (AvgIpc) is 2.33. The van der Waals surface area contributed by atoms with Gasteiger partial charge in [0.15, 0.2) is 0 Å². The van der Waals surface area contributed by atoms with Crippen LogP contribution in [0.2, 0.25) is 0 Å². The lowest BCUT2D eigenvalue weighted by Crippen LogP contribution is -2.43. The molecule has 0 rings (SSSR count). The molecule has 5 heteroatoms. The summed E-state index contributed by atoms with van der Waals surface area (Å²) in [6, 6.07) is 0. The molecule has 5 nitrogen and oxygen atoms in total. The second kappa shape index (κ2) is 8.95. The molecule has 1 N–H and O–H groups in total. The SMILES string of the molecule is C/C=N/OCCC(C)(CC)OCCC(C)(C)NC(C)=O. The van der Waals surface area contributed by atoms with E-state index in [0.717, 1.165) is 19.3 Å². The second-order valence-electron chi connectivity index (χ2n) is 5.91. The molecule has 0 fully saturated rings. The number of nitrogens with one attached hydrogen (secondary N) is 1. The van der Waals surface area contributed by atoms with E-state index in [1.165, 1.54) is 6.92 Å². The van der Waals surface area contributed by atoms with Gasteiger partial charge in [0.2, 0.25) is 5.91 Å². The van der Waals surface area contributed by atoms with Crippen LogP contribution in [0.15, 0.2) is 5.16 Å². The fourth-order valence-corrected chi connectivity index (χ4v) is 1.83. The molecule has 0 spiro atoms. The van der Waals surface area contributed by atoms with Crippen molar-refractivity contribution in [1.82, 2.24) is 5.32 Å². The van der Waals surface area contributed by atoms with E-state index in [1.54, 1.807) is 6.21 Å². The summed E-state index contributed by atoms with van der Waals surface area (Å²) in [5.74, 6) is -0.0147. The summed E-state index contributed by atoms with van der Waals surface area (Å²) >= 11 is 0. The van der Waals surface area contributed by atoms with Gasteiger partial charge in [-0.1, -0.05) is 12.1 Å². The van der Waals surface area contributed by atoms with Crippen LogP contribution in [-0.2, 0) is 14.4 Å². The van der Waals surface area contributed by atoms with Crippen LogP contribution in [0.5, 0.6) is 0 Å². The van der Waals surface area contributed by atoms with E-state index in [4.69, 9.17) is 9.57 Å². The van der Waals surface area contributed by atoms with Gasteiger partial charge in [0.05, 0.1) is 5.60 Å². The van der Waals surface area contributed by atoms with Gasteiger partial charge in [0, 0.05) is 31.7 Å². The summed E-state index contributed by atoms with van der Waals surface area (Å²) in [7, 11) is 0. The minimum atomic E-state index is -0.247. The molecule has 0 aliphatic carbocycles. The lowest BCUT2D eigenvalue weighted by molar-refractivity contribution is -0.121. The van der Waals surface area contributed by atoms with E-state index in [0.29, 0.717) is 13.2 Å². The zero-order valence-electron chi connectivity index (χ0n) is 13.8. The number of rotatable bonds is 10. The molecule has 0 aliphatic heterocycles. The first kappa shape index (κ1) is 18.9. The fraction of sp³-hybridized carbons (Fsp3) is 0.867. The fourth-order valence-electron chi connectivity index (χ4n) is 1.83. The summed E-state index contributed by atoms with van der Waals surface area (Å²) in [5, 5.41) is 6.65. The van der Waals surface area contributed by atoms with Crippen LogP contribution in [0.4, 0.5) is 0 Å².